The van der Waals surface area contributed by atoms with Gasteiger partial charge in [0.05, 0.1) is 41.7 Å². The topological polar surface area (TPSA) is 241 Å². The largest absolute Gasteiger partial charge is 0.480 e. The molecular weight excluding hydrogens is 801 g/mol. The summed E-state index contributed by atoms with van der Waals surface area (Å²) >= 11 is 0. The van der Waals surface area contributed by atoms with Crippen LogP contribution in [0.15, 0.2) is 99.9 Å². The van der Waals surface area contributed by atoms with Gasteiger partial charge in [-0.15, -0.1) is 0 Å². The van der Waals surface area contributed by atoms with Crippen molar-refractivity contribution in [2.24, 2.45) is 12.8 Å². The molecule has 0 aliphatic rings. The molecule has 5 rings (SSSR count). The third-order valence-corrected chi connectivity index (χ3v) is 11.2. The summed E-state index contributed by atoms with van der Waals surface area (Å²) in [5.74, 6) is -1.49. The molecule has 2 aromatic heterocycles. The summed E-state index contributed by atoms with van der Waals surface area (Å²) in [7, 11) is -1.65. The molecule has 0 radical (unpaired) electrons. The Morgan fingerprint density at radius 3 is 2.12 bits per heavy atom. The van der Waals surface area contributed by atoms with E-state index in [-0.39, 0.29) is 5.56 Å². The maximum absolute atomic E-state index is 13.3. The lowest BCUT2D eigenvalue weighted by Crippen LogP contribution is -2.47. The lowest BCUT2D eigenvalue weighted by molar-refractivity contribution is -0.138. The number of fused-ring (bicyclic) bond motifs is 1. The molecule has 0 aliphatic heterocycles. The van der Waals surface area contributed by atoms with Gasteiger partial charge in [-0.3, -0.25) is 14.4 Å². The van der Waals surface area contributed by atoms with Crippen LogP contribution in [0.3, 0.4) is 0 Å². The molecule has 0 fully saturated rings. The van der Waals surface area contributed by atoms with Gasteiger partial charge in [0.2, 0.25) is 5.43 Å². The lowest BCUT2D eigenvalue weighted by atomic mass is 10.1. The number of carboxylic acid groups (broad SMARTS) is 1. The first-order chi connectivity index (χ1) is 28.6. The molecule has 0 bridgehead atoms. The van der Waals surface area contributed by atoms with Gasteiger partial charge >= 0.3 is 5.97 Å². The van der Waals surface area contributed by atoms with E-state index in [1.54, 1.807) is 72.5 Å². The predicted octanol–water partition coefficient (Wildman–Crippen LogP) is 2.44. The highest BCUT2D eigenvalue weighted by Gasteiger charge is 2.23. The number of carboxylic acids is 1. The molecule has 0 spiro atoms. The van der Waals surface area contributed by atoms with Gasteiger partial charge in [0.1, 0.15) is 33.6 Å². The molecule has 2 unspecified atom stereocenters. The number of carbonyl (C=O) groups excluding carboxylic acids is 1. The van der Waals surface area contributed by atoms with Gasteiger partial charge in [-0.05, 0) is 72.5 Å². The van der Waals surface area contributed by atoms with Crippen LogP contribution in [0.25, 0.3) is 22.0 Å². The molecule has 19 heteroatoms. The summed E-state index contributed by atoms with van der Waals surface area (Å²) in [5.41, 5.74) is 7.89. The number of pyridine rings is 1. The number of rotatable bonds is 26. The lowest BCUT2D eigenvalue weighted by Gasteiger charge is -2.16. The van der Waals surface area contributed by atoms with Gasteiger partial charge in [-0.25, -0.2) is 22.8 Å². The smallest absolute Gasteiger partial charge is 0.323 e. The third-order valence-electron chi connectivity index (χ3n) is 8.88. The number of imidazole rings is 1. The maximum atomic E-state index is 13.3. The molecule has 8 N–H and O–H groups in total. The van der Waals surface area contributed by atoms with Crippen LogP contribution in [-0.4, -0.2) is 105 Å². The molecule has 5 aromatic rings. The van der Waals surface area contributed by atoms with Gasteiger partial charge in [0, 0.05) is 63.9 Å². The van der Waals surface area contributed by atoms with Gasteiger partial charge in [0.15, 0.2) is 5.95 Å². The van der Waals surface area contributed by atoms with E-state index in [1.807, 2.05) is 18.2 Å². The number of nitrogens with two attached hydrogens (primary N) is 1. The molecule has 17 nitrogen and oxygen atoms in total. The Morgan fingerprint density at radius 1 is 0.881 bits per heavy atom. The van der Waals surface area contributed by atoms with Crippen molar-refractivity contribution >= 4 is 50.7 Å². The first-order valence-electron chi connectivity index (χ1n) is 19.0. The van der Waals surface area contributed by atoms with E-state index in [1.165, 1.54) is 6.20 Å². The number of hydrogen-bond acceptors (Lipinski definition) is 11. The highest BCUT2D eigenvalue weighted by Crippen LogP contribution is 2.22. The zero-order valence-corrected chi connectivity index (χ0v) is 34.3. The van der Waals surface area contributed by atoms with Crippen molar-refractivity contribution < 1.29 is 37.3 Å². The van der Waals surface area contributed by atoms with E-state index in [0.717, 1.165) is 23.1 Å². The second kappa shape index (κ2) is 23.5. The minimum atomic E-state index is -1.95. The number of aryl methyl sites for hydroxylation is 1. The van der Waals surface area contributed by atoms with Crippen molar-refractivity contribution in [3.05, 3.63) is 107 Å². The zero-order chi connectivity index (χ0) is 42.0. The second-order valence-corrected chi connectivity index (χ2v) is 15.7. The van der Waals surface area contributed by atoms with Crippen LogP contribution in [0.1, 0.15) is 28.8 Å². The molecule has 3 atom stereocenters. The first kappa shape index (κ1) is 45.0. The number of ether oxygens (including phenoxy) is 3. The summed E-state index contributed by atoms with van der Waals surface area (Å²) < 4.78 is 49.5. The Labute approximate surface area is 346 Å². The van der Waals surface area contributed by atoms with Crippen LogP contribution in [-0.2, 0) is 54.6 Å². The molecule has 316 valence electrons. The molecular formula is C40H50N8O9S2. The molecule has 59 heavy (non-hydrogen) atoms. The van der Waals surface area contributed by atoms with Crippen molar-refractivity contribution in [3.63, 3.8) is 0 Å². The van der Waals surface area contributed by atoms with Crippen LogP contribution in [0.5, 0.6) is 0 Å². The number of hydrogen-bond donors (Lipinski definition) is 7. The van der Waals surface area contributed by atoms with Gasteiger partial charge in [0.25, 0.3) is 5.91 Å². The average molecular weight is 851 g/mol. The van der Waals surface area contributed by atoms with Crippen LogP contribution >= 0.6 is 0 Å². The Morgan fingerprint density at radius 2 is 1.51 bits per heavy atom. The number of anilines is 1. The number of aliphatic carboxylic acids is 1. The molecule has 0 saturated heterocycles. The van der Waals surface area contributed by atoms with Crippen LogP contribution < -0.4 is 31.2 Å². The Kier molecular flexibility index (Phi) is 17.9. The fraction of sp³-hybridized carbons (Fsp3) is 0.350. The van der Waals surface area contributed by atoms with E-state index in [2.05, 4.69) is 30.0 Å². The number of nitrogens with zero attached hydrogens (tertiary/aromatic N) is 2. The third kappa shape index (κ3) is 13.7. The Hall–Kier alpha value is -5.12. The molecule has 0 aliphatic carbocycles. The molecule has 0 saturated carbocycles. The van der Waals surface area contributed by atoms with Gasteiger partial charge in [-0.1, -0.05) is 30.3 Å². The van der Waals surface area contributed by atoms with Crippen molar-refractivity contribution in [1.82, 2.24) is 29.3 Å². The van der Waals surface area contributed by atoms with Gasteiger partial charge in [-0.2, -0.15) is 0 Å². The average Bonchev–Trinajstić information content (AvgIpc) is 3.78. The van der Waals surface area contributed by atoms with Crippen molar-refractivity contribution in [3.8, 4) is 11.1 Å². The Bertz CT molecular complexity index is 2220. The summed E-state index contributed by atoms with van der Waals surface area (Å²) in [6.07, 6.45) is 6.24. The highest BCUT2D eigenvalue weighted by molar-refractivity contribution is 7.83. The fourth-order valence-corrected chi connectivity index (χ4v) is 7.55. The van der Waals surface area contributed by atoms with Crippen LogP contribution in [0, 0.1) is 0 Å². The predicted molar refractivity (Wildman–Crippen MR) is 225 cm³/mol. The normalized spacial score (nSPS) is 12.9. The molecule has 2 heterocycles. The van der Waals surface area contributed by atoms with E-state index >= 15 is 0 Å². The summed E-state index contributed by atoms with van der Waals surface area (Å²) in [4.78, 5) is 46.5. The van der Waals surface area contributed by atoms with Gasteiger partial charge < -0.3 is 45.2 Å². The number of carbonyl (C=O) groups is 2. The summed E-state index contributed by atoms with van der Waals surface area (Å²) in [6, 6.07) is 17.7. The SMILES string of the molecule is Cn1cc(C(=O)NC[C@H](NS(=O)c2ccc(-c3ccc(S(=O)NCCCOCCOCCOCCCN)cc3)cc2)C(=O)O)c(=O)c2ccc(CNc3ncc[nH]3)cc21. The van der Waals surface area contributed by atoms with E-state index in [0.29, 0.717) is 92.3 Å². The summed E-state index contributed by atoms with van der Waals surface area (Å²) in [5, 5.41) is 15.8. The quantitative estimate of drug-likeness (QED) is 0.0397. The monoisotopic (exact) mass is 850 g/mol. The number of aromatic nitrogens is 3. The zero-order valence-electron chi connectivity index (χ0n) is 32.6. The number of benzene rings is 3. The number of aromatic amines is 1. The fourth-order valence-electron chi connectivity index (χ4n) is 5.71. The molecule has 1 amide bonds. The second-order valence-electron chi connectivity index (χ2n) is 13.2. The summed E-state index contributed by atoms with van der Waals surface area (Å²) in [6.45, 7) is 4.25. The maximum Gasteiger partial charge on any atom is 0.323 e. The van der Waals surface area contributed by atoms with E-state index in [9.17, 15) is 27.9 Å². The molecule has 3 aromatic carbocycles. The van der Waals surface area contributed by atoms with E-state index < -0.39 is 51.9 Å². The Balaban J connectivity index is 1.05. The highest BCUT2D eigenvalue weighted by atomic mass is 32.2. The van der Waals surface area contributed by atoms with Crippen LogP contribution in [0.2, 0.25) is 0 Å². The minimum Gasteiger partial charge on any atom is -0.480 e. The van der Waals surface area contributed by atoms with Crippen molar-refractivity contribution in [1.29, 1.82) is 0 Å². The van der Waals surface area contributed by atoms with Crippen LogP contribution in [0.4, 0.5) is 5.95 Å². The number of amides is 1. The van der Waals surface area contributed by atoms with E-state index in [4.69, 9.17) is 19.9 Å². The first-order valence-corrected chi connectivity index (χ1v) is 21.3. The van der Waals surface area contributed by atoms with Crippen molar-refractivity contribution in [2.75, 3.05) is 64.6 Å². The number of nitrogens with one attached hydrogen (secondary N) is 5. The minimum absolute atomic E-state index is 0.159. The standard InChI is InChI=1S/C40H50N8O9S2/c1-48-27-34(37(49)33-13-4-28(24-36(33)48)25-45-40-42-16-17-43-40)38(50)44-26-35(39(51)52)47-59(54)32-11-7-30(8-12-32)29-5-9-31(10-6-29)58(53)46-15-3-19-56-21-23-57-22-20-55-18-2-14-41/h4-13,16-17,24,27,35,46-47H,2-3,14-15,18-23,25-26,41H2,1H3,(H,44,50)(H,51,52)(H2,42,43,45)/t35-,58?,59?/m0/s1. The number of H-pyrrole nitrogens is 1. The van der Waals surface area contributed by atoms with Crippen molar-refractivity contribution in [2.45, 2.75) is 35.2 Å².